The van der Waals surface area contributed by atoms with Crippen molar-refractivity contribution in [2.75, 3.05) is 14.2 Å². The molecule has 3 rings (SSSR count). The fourth-order valence-corrected chi connectivity index (χ4v) is 3.86. The average Bonchev–Trinajstić information content (AvgIpc) is 2.73. The van der Waals surface area contributed by atoms with E-state index in [9.17, 15) is 9.59 Å². The predicted molar refractivity (Wildman–Crippen MR) is 109 cm³/mol. The van der Waals surface area contributed by atoms with Gasteiger partial charge in [-0.2, -0.15) is 0 Å². The minimum Gasteiger partial charge on any atom is -0.496 e. The number of allylic oxidation sites excluding steroid dienone is 1. The molecule has 2 atom stereocenters. The van der Waals surface area contributed by atoms with Gasteiger partial charge in [-0.15, -0.1) is 0 Å². The Labute approximate surface area is 174 Å². The highest BCUT2D eigenvalue weighted by atomic mass is 35.5. The Balaban J connectivity index is 2.21. The molecule has 0 amide bonds. The summed E-state index contributed by atoms with van der Waals surface area (Å²) in [6.45, 7) is 3.56. The third kappa shape index (κ3) is 3.60. The topological polar surface area (TPSA) is 74.7 Å². The highest BCUT2D eigenvalue weighted by molar-refractivity contribution is 6.35. The Bertz CT molecular complexity index is 973. The van der Waals surface area contributed by atoms with E-state index in [1.54, 1.807) is 45.5 Å². The molecule has 6 nitrogen and oxygen atoms in total. The van der Waals surface area contributed by atoms with Crippen LogP contribution in [0.15, 0.2) is 42.4 Å². The number of nitrogens with zero attached hydrogens (tertiary/aromatic N) is 1. The maximum Gasteiger partial charge on any atom is 0.223 e. The molecule has 0 radical (unpaired) electrons. The van der Waals surface area contributed by atoms with Crippen LogP contribution in [0, 0.1) is 12.8 Å². The van der Waals surface area contributed by atoms with Gasteiger partial charge in [-0.05, 0) is 19.1 Å². The van der Waals surface area contributed by atoms with E-state index in [-0.39, 0.29) is 18.0 Å². The van der Waals surface area contributed by atoms with Crippen molar-refractivity contribution >= 4 is 23.7 Å². The molecule has 0 N–H and O–H groups in total. The summed E-state index contributed by atoms with van der Waals surface area (Å²) in [7, 11) is 2.95. The van der Waals surface area contributed by atoms with E-state index in [0.29, 0.717) is 33.9 Å². The molecular formula is C22H22ClNO5. The van der Waals surface area contributed by atoms with Gasteiger partial charge < -0.3 is 14.2 Å². The van der Waals surface area contributed by atoms with Gasteiger partial charge in [-0.1, -0.05) is 24.6 Å². The fourth-order valence-electron chi connectivity index (χ4n) is 3.52. The zero-order valence-electron chi connectivity index (χ0n) is 16.7. The monoisotopic (exact) mass is 415 g/mol. The Morgan fingerprint density at radius 3 is 2.66 bits per heavy atom. The average molecular weight is 416 g/mol. The first-order valence-electron chi connectivity index (χ1n) is 9.09. The van der Waals surface area contributed by atoms with Crippen molar-refractivity contribution in [2.24, 2.45) is 5.92 Å². The van der Waals surface area contributed by atoms with Gasteiger partial charge in [0, 0.05) is 47.5 Å². The zero-order chi connectivity index (χ0) is 21.2. The number of aromatic nitrogens is 1. The van der Waals surface area contributed by atoms with Crippen molar-refractivity contribution in [1.29, 1.82) is 0 Å². The number of ketones is 1. The second-order valence-corrected chi connectivity index (χ2v) is 7.31. The van der Waals surface area contributed by atoms with Crippen LogP contribution in [0.1, 0.15) is 18.9 Å². The minimum absolute atomic E-state index is 0.125. The Morgan fingerprint density at radius 2 is 2.07 bits per heavy atom. The maximum atomic E-state index is 12.3. The fraction of sp³-hybridized carbons (Fsp3) is 0.318. The van der Waals surface area contributed by atoms with Gasteiger partial charge in [0.2, 0.25) is 5.60 Å². The zero-order valence-corrected chi connectivity index (χ0v) is 17.4. The van der Waals surface area contributed by atoms with E-state index in [1.165, 1.54) is 13.2 Å². The second-order valence-electron chi connectivity index (χ2n) is 6.93. The summed E-state index contributed by atoms with van der Waals surface area (Å²) in [5, 5.41) is 0.317. The van der Waals surface area contributed by atoms with E-state index < -0.39 is 11.5 Å². The Kier molecular flexibility index (Phi) is 5.94. The van der Waals surface area contributed by atoms with Gasteiger partial charge in [0.25, 0.3) is 0 Å². The number of hydrogen-bond acceptors (Lipinski definition) is 6. The largest absolute Gasteiger partial charge is 0.496 e. The molecule has 1 aliphatic rings. The molecule has 0 unspecified atom stereocenters. The van der Waals surface area contributed by atoms with Crippen LogP contribution in [-0.4, -0.2) is 36.9 Å². The predicted octanol–water partition coefficient (Wildman–Crippen LogP) is 4.17. The molecule has 29 heavy (non-hydrogen) atoms. The van der Waals surface area contributed by atoms with Crippen LogP contribution < -0.4 is 9.47 Å². The van der Waals surface area contributed by atoms with Crippen LogP contribution in [0.3, 0.4) is 0 Å². The number of halogens is 1. The summed E-state index contributed by atoms with van der Waals surface area (Å²) in [5.74, 6) is 0.418. The van der Waals surface area contributed by atoms with Gasteiger partial charge in [-0.3, -0.25) is 14.6 Å². The van der Waals surface area contributed by atoms with E-state index in [0.717, 1.165) is 5.56 Å². The second kappa shape index (κ2) is 8.25. The smallest absolute Gasteiger partial charge is 0.223 e. The summed E-state index contributed by atoms with van der Waals surface area (Å²) in [6, 6.07) is 5.46. The highest BCUT2D eigenvalue weighted by Gasteiger charge is 2.48. The van der Waals surface area contributed by atoms with Crippen molar-refractivity contribution in [3.63, 3.8) is 0 Å². The molecule has 0 bridgehead atoms. The van der Waals surface area contributed by atoms with Crippen LogP contribution in [-0.2, 0) is 14.3 Å². The van der Waals surface area contributed by atoms with E-state index in [4.69, 9.17) is 25.8 Å². The molecule has 2 aromatic rings. The van der Waals surface area contributed by atoms with Crippen molar-refractivity contribution in [1.82, 2.24) is 4.98 Å². The summed E-state index contributed by atoms with van der Waals surface area (Å²) < 4.78 is 17.1. The molecule has 152 valence electrons. The summed E-state index contributed by atoms with van der Waals surface area (Å²) in [5.41, 5.74) is 0.581. The number of pyridine rings is 1. The molecule has 1 heterocycles. The third-order valence-corrected chi connectivity index (χ3v) is 5.57. The number of carbonyl (C=O) groups is 2. The molecular weight excluding hydrogens is 394 g/mol. The van der Waals surface area contributed by atoms with Gasteiger partial charge in [0.1, 0.15) is 11.5 Å². The summed E-state index contributed by atoms with van der Waals surface area (Å²) in [6.07, 6.45) is 5.47. The van der Waals surface area contributed by atoms with E-state index in [1.807, 2.05) is 6.07 Å². The number of aldehydes is 1. The highest BCUT2D eigenvalue weighted by Crippen LogP contribution is 2.46. The first-order valence-corrected chi connectivity index (χ1v) is 9.47. The summed E-state index contributed by atoms with van der Waals surface area (Å²) >= 11 is 6.73. The lowest BCUT2D eigenvalue weighted by Crippen LogP contribution is -2.50. The number of benzene rings is 1. The minimum atomic E-state index is -1.48. The number of methoxy groups -OCH3 is 2. The molecule has 7 heteroatoms. The number of ether oxygens (including phenoxy) is 3. The van der Waals surface area contributed by atoms with Crippen LogP contribution in [0.5, 0.6) is 11.5 Å². The van der Waals surface area contributed by atoms with Crippen LogP contribution in [0.4, 0.5) is 0 Å². The molecule has 1 aromatic carbocycles. The first kappa shape index (κ1) is 20.9. The van der Waals surface area contributed by atoms with Crippen LogP contribution in [0.2, 0.25) is 5.02 Å². The maximum absolute atomic E-state index is 12.3. The van der Waals surface area contributed by atoms with Gasteiger partial charge in [-0.25, -0.2) is 0 Å². The van der Waals surface area contributed by atoms with Crippen molar-refractivity contribution in [3.05, 3.63) is 53.0 Å². The lowest BCUT2D eigenvalue weighted by molar-refractivity contribution is -0.130. The molecule has 0 saturated carbocycles. The molecule has 0 spiro atoms. The quantitative estimate of drug-likeness (QED) is 0.659. The van der Waals surface area contributed by atoms with Gasteiger partial charge >= 0.3 is 0 Å². The molecule has 0 aliphatic heterocycles. The normalized spacial score (nSPS) is 21.3. The molecule has 1 aliphatic carbocycles. The lowest BCUT2D eigenvalue weighted by Gasteiger charge is -2.38. The number of carbonyl (C=O) groups excluding carboxylic acids is 2. The number of hydrogen-bond donors (Lipinski definition) is 0. The summed E-state index contributed by atoms with van der Waals surface area (Å²) in [4.78, 5) is 28.4. The van der Waals surface area contributed by atoms with Crippen molar-refractivity contribution in [3.8, 4) is 22.6 Å². The van der Waals surface area contributed by atoms with Crippen molar-refractivity contribution in [2.45, 2.75) is 25.9 Å². The molecule has 0 saturated heterocycles. The van der Waals surface area contributed by atoms with E-state index in [2.05, 4.69) is 4.98 Å². The Morgan fingerprint density at radius 1 is 1.31 bits per heavy atom. The van der Waals surface area contributed by atoms with Gasteiger partial charge in [0.05, 0.1) is 19.2 Å². The Hall–Kier alpha value is -2.86. The lowest BCUT2D eigenvalue weighted by atomic mass is 9.79. The van der Waals surface area contributed by atoms with Crippen LogP contribution >= 0.6 is 11.6 Å². The first-order chi connectivity index (χ1) is 13.9. The molecule has 1 aromatic heterocycles. The van der Waals surface area contributed by atoms with Gasteiger partial charge in [0.15, 0.2) is 17.8 Å². The van der Waals surface area contributed by atoms with Crippen molar-refractivity contribution < 1.29 is 23.8 Å². The third-order valence-electron chi connectivity index (χ3n) is 5.20. The molecule has 0 fully saturated rings. The SMILES string of the molecule is COC1=CC(=O)C[C@@H](C)[C@]1(C=O)Oc1c(C)c(OC)cc(-c2cccnc2)c1Cl. The standard InChI is InChI=1S/C22H22ClNO5/c1-13-8-16(26)9-19(28-4)22(13,12-25)29-21-14(2)18(27-3)10-17(20(21)23)15-6-5-7-24-11-15/h5-7,9-13H,8H2,1-4H3/t13-,22+/m1/s1. The number of rotatable bonds is 6. The van der Waals surface area contributed by atoms with Crippen LogP contribution in [0.25, 0.3) is 11.1 Å². The van der Waals surface area contributed by atoms with E-state index >= 15 is 0 Å².